The lowest BCUT2D eigenvalue weighted by atomic mass is 10.3. The average Bonchev–Trinajstić information content (AvgIpc) is 3.20. The van der Waals surface area contributed by atoms with Gasteiger partial charge in [0.1, 0.15) is 17.8 Å². The molecule has 2 heterocycles. The third-order valence-electron chi connectivity index (χ3n) is 3.46. The molecule has 0 saturated carbocycles. The van der Waals surface area contributed by atoms with Crippen molar-refractivity contribution >= 4 is 60.7 Å². The summed E-state index contributed by atoms with van der Waals surface area (Å²) in [6.45, 7) is 2.32. The Morgan fingerprint density at radius 2 is 2.04 bits per heavy atom. The van der Waals surface area contributed by atoms with Crippen LogP contribution in [0.4, 0.5) is 0 Å². The largest absolute Gasteiger partial charge is 0.492 e. The summed E-state index contributed by atoms with van der Waals surface area (Å²) in [5.41, 5.74) is 0.726. The number of thiazole rings is 1. The van der Waals surface area contributed by atoms with Crippen LogP contribution in [0.5, 0.6) is 5.75 Å². The summed E-state index contributed by atoms with van der Waals surface area (Å²) < 4.78 is 13.9. The number of carbonyl (C=O) groups excluding carboxylic acids is 2. The molecule has 0 bridgehead atoms. The molecule has 0 aliphatic rings. The van der Waals surface area contributed by atoms with Crippen LogP contribution in [0.25, 0.3) is 10.2 Å². The third-order valence-corrected chi connectivity index (χ3v) is 6.12. The molecule has 0 aliphatic carbocycles. The molecule has 0 atom stereocenters. The van der Waals surface area contributed by atoms with E-state index in [1.807, 2.05) is 25.1 Å². The van der Waals surface area contributed by atoms with E-state index in [9.17, 15) is 9.59 Å². The van der Waals surface area contributed by atoms with Crippen LogP contribution in [-0.4, -0.2) is 30.2 Å². The first-order valence-electron chi connectivity index (χ1n) is 7.69. The molecule has 3 rings (SSSR count). The third kappa shape index (κ3) is 3.89. The number of hydrogen-bond acceptors (Lipinski definition) is 6. The van der Waals surface area contributed by atoms with Gasteiger partial charge in [0.05, 0.1) is 27.1 Å². The summed E-state index contributed by atoms with van der Waals surface area (Å²) in [6.07, 6.45) is 0. The van der Waals surface area contributed by atoms with Crippen LogP contribution in [0.1, 0.15) is 16.6 Å². The molecule has 9 heteroatoms. The molecule has 26 heavy (non-hydrogen) atoms. The number of carbonyl (C=O) groups is 2. The number of benzene rings is 1. The Balaban J connectivity index is 2.18. The van der Waals surface area contributed by atoms with Crippen molar-refractivity contribution in [3.8, 4) is 5.75 Å². The molecular formula is C17H15BrN2O4S2. The Labute approximate surface area is 165 Å². The first-order chi connectivity index (χ1) is 12.5. The SMILES string of the molecule is CCOc1cccc2sc(=NC(=O)c3ccc(Br)s3)n(CC(=O)OC)c12. The van der Waals surface area contributed by atoms with Crippen molar-refractivity contribution in [2.24, 2.45) is 4.99 Å². The molecule has 6 nitrogen and oxygen atoms in total. The van der Waals surface area contributed by atoms with E-state index in [2.05, 4.69) is 20.9 Å². The van der Waals surface area contributed by atoms with Gasteiger partial charge in [0, 0.05) is 0 Å². The topological polar surface area (TPSA) is 69.9 Å². The molecule has 136 valence electrons. The maximum Gasteiger partial charge on any atom is 0.325 e. The van der Waals surface area contributed by atoms with Gasteiger partial charge in [-0.1, -0.05) is 17.4 Å². The number of aromatic nitrogens is 1. The molecule has 0 aliphatic heterocycles. The van der Waals surface area contributed by atoms with Crippen LogP contribution in [0.15, 0.2) is 39.1 Å². The number of halogens is 1. The molecule has 0 fully saturated rings. The highest BCUT2D eigenvalue weighted by molar-refractivity contribution is 9.11. The van der Waals surface area contributed by atoms with Crippen molar-refractivity contribution in [3.05, 3.63) is 43.8 Å². The van der Waals surface area contributed by atoms with Gasteiger partial charge in [-0.15, -0.1) is 11.3 Å². The summed E-state index contributed by atoms with van der Waals surface area (Å²) in [7, 11) is 1.33. The minimum atomic E-state index is -0.427. The molecule has 2 aromatic heterocycles. The van der Waals surface area contributed by atoms with Crippen molar-refractivity contribution in [3.63, 3.8) is 0 Å². The second kappa shape index (κ2) is 8.15. The minimum absolute atomic E-state index is 0.0547. The summed E-state index contributed by atoms with van der Waals surface area (Å²) in [5.74, 6) is -0.148. The number of thiophene rings is 1. The normalized spacial score (nSPS) is 11.7. The first-order valence-corrected chi connectivity index (χ1v) is 10.1. The average molecular weight is 455 g/mol. The molecule has 3 aromatic rings. The summed E-state index contributed by atoms with van der Waals surface area (Å²) in [6, 6.07) is 9.11. The van der Waals surface area contributed by atoms with E-state index in [1.165, 1.54) is 29.8 Å². The van der Waals surface area contributed by atoms with Crippen LogP contribution in [0, 0.1) is 0 Å². The molecule has 0 N–H and O–H groups in total. The minimum Gasteiger partial charge on any atom is -0.492 e. The van der Waals surface area contributed by atoms with Gasteiger partial charge in [-0.25, -0.2) is 0 Å². The van der Waals surface area contributed by atoms with Crippen molar-refractivity contribution in [1.29, 1.82) is 0 Å². The van der Waals surface area contributed by atoms with Gasteiger partial charge >= 0.3 is 5.97 Å². The second-order valence-corrected chi connectivity index (χ2v) is 8.58. The van der Waals surface area contributed by atoms with Crippen molar-refractivity contribution in [2.45, 2.75) is 13.5 Å². The summed E-state index contributed by atoms with van der Waals surface area (Å²) >= 11 is 5.98. The van der Waals surface area contributed by atoms with Gasteiger partial charge in [0.25, 0.3) is 5.91 Å². The van der Waals surface area contributed by atoms with Crippen LogP contribution in [0.3, 0.4) is 0 Å². The van der Waals surface area contributed by atoms with Gasteiger partial charge in [-0.05, 0) is 47.1 Å². The number of rotatable bonds is 5. The number of esters is 1. The predicted octanol–water partition coefficient (Wildman–Crippen LogP) is 3.84. The highest BCUT2D eigenvalue weighted by Crippen LogP contribution is 2.28. The Kier molecular flexibility index (Phi) is 5.90. The van der Waals surface area contributed by atoms with Crippen LogP contribution >= 0.6 is 38.6 Å². The standard InChI is InChI=1S/C17H15BrN2O4S2/c1-3-24-10-5-4-6-11-15(10)20(9-14(21)23-2)17(26-11)19-16(22)12-7-8-13(18)25-12/h4-8H,3,9H2,1-2H3. The van der Waals surface area contributed by atoms with E-state index in [1.54, 1.807) is 16.7 Å². The van der Waals surface area contributed by atoms with E-state index in [4.69, 9.17) is 9.47 Å². The lowest BCUT2D eigenvalue weighted by molar-refractivity contribution is -0.141. The van der Waals surface area contributed by atoms with E-state index in [0.29, 0.717) is 22.0 Å². The fourth-order valence-electron chi connectivity index (χ4n) is 2.37. The van der Waals surface area contributed by atoms with Gasteiger partial charge in [-0.3, -0.25) is 9.59 Å². The summed E-state index contributed by atoms with van der Waals surface area (Å²) in [4.78, 5) is 29.6. The number of nitrogens with zero attached hydrogens (tertiary/aromatic N) is 2. The monoisotopic (exact) mass is 454 g/mol. The smallest absolute Gasteiger partial charge is 0.325 e. The van der Waals surface area contributed by atoms with Crippen LogP contribution in [-0.2, 0) is 16.1 Å². The summed E-state index contributed by atoms with van der Waals surface area (Å²) in [5, 5.41) is 0. The fraction of sp³-hybridized carbons (Fsp3) is 0.235. The molecule has 0 unspecified atom stereocenters. The highest BCUT2D eigenvalue weighted by Gasteiger charge is 2.16. The van der Waals surface area contributed by atoms with Crippen LogP contribution < -0.4 is 9.54 Å². The molecule has 0 radical (unpaired) electrons. The Bertz CT molecular complexity index is 1030. The number of hydrogen-bond donors (Lipinski definition) is 0. The van der Waals surface area contributed by atoms with E-state index in [-0.39, 0.29) is 12.5 Å². The maximum atomic E-state index is 12.5. The number of methoxy groups -OCH3 is 1. The van der Waals surface area contributed by atoms with E-state index >= 15 is 0 Å². The maximum absolute atomic E-state index is 12.5. The lowest BCUT2D eigenvalue weighted by Crippen LogP contribution is -2.22. The first kappa shape index (κ1) is 18.8. The second-order valence-electron chi connectivity index (χ2n) is 5.10. The van der Waals surface area contributed by atoms with Crippen molar-refractivity contribution in [1.82, 2.24) is 4.57 Å². The van der Waals surface area contributed by atoms with Gasteiger partial charge < -0.3 is 14.0 Å². The fourth-order valence-corrected chi connectivity index (χ4v) is 4.68. The zero-order chi connectivity index (χ0) is 18.7. The Morgan fingerprint density at radius 1 is 1.23 bits per heavy atom. The highest BCUT2D eigenvalue weighted by atomic mass is 79.9. The van der Waals surface area contributed by atoms with Gasteiger partial charge in [0.15, 0.2) is 4.80 Å². The van der Waals surface area contributed by atoms with Crippen LogP contribution in [0.2, 0.25) is 0 Å². The lowest BCUT2D eigenvalue weighted by Gasteiger charge is -2.08. The Morgan fingerprint density at radius 3 is 2.69 bits per heavy atom. The molecule has 1 amide bonds. The number of amides is 1. The molecule has 0 saturated heterocycles. The zero-order valence-corrected chi connectivity index (χ0v) is 17.2. The van der Waals surface area contributed by atoms with Crippen molar-refractivity contribution < 1.29 is 19.1 Å². The van der Waals surface area contributed by atoms with E-state index in [0.717, 1.165) is 14.0 Å². The zero-order valence-electron chi connectivity index (χ0n) is 14.0. The van der Waals surface area contributed by atoms with Crippen molar-refractivity contribution in [2.75, 3.05) is 13.7 Å². The number of ether oxygens (including phenoxy) is 2. The number of fused-ring (bicyclic) bond motifs is 1. The Hall–Kier alpha value is -1.97. The molecular weight excluding hydrogens is 440 g/mol. The number of para-hydroxylation sites is 1. The quantitative estimate of drug-likeness (QED) is 0.549. The molecule has 0 spiro atoms. The van der Waals surface area contributed by atoms with Gasteiger partial charge in [-0.2, -0.15) is 4.99 Å². The van der Waals surface area contributed by atoms with Gasteiger partial charge in [0.2, 0.25) is 0 Å². The van der Waals surface area contributed by atoms with E-state index < -0.39 is 5.97 Å². The predicted molar refractivity (Wildman–Crippen MR) is 105 cm³/mol. The molecule has 1 aromatic carbocycles.